The Morgan fingerprint density at radius 3 is 2.70 bits per heavy atom. The van der Waals surface area contributed by atoms with E-state index in [1.807, 2.05) is 0 Å². The van der Waals surface area contributed by atoms with Crippen molar-refractivity contribution in [1.29, 1.82) is 0 Å². The van der Waals surface area contributed by atoms with E-state index in [1.165, 1.54) is 27.2 Å². The van der Waals surface area contributed by atoms with Gasteiger partial charge in [0.05, 0.1) is 13.3 Å². The number of nitrogens with zero attached hydrogens (tertiary/aromatic N) is 1. The van der Waals surface area contributed by atoms with Crippen LogP contribution in [0, 0.1) is 0 Å². The van der Waals surface area contributed by atoms with Crippen molar-refractivity contribution >= 4 is 18.1 Å². The molecule has 0 saturated carbocycles. The second-order valence-corrected chi connectivity index (χ2v) is 3.90. The van der Waals surface area contributed by atoms with Gasteiger partial charge in [-0.05, 0) is 19.1 Å². The molecule has 1 amide bonds. The van der Waals surface area contributed by atoms with E-state index in [-0.39, 0.29) is 11.7 Å². The van der Waals surface area contributed by atoms with E-state index in [1.54, 1.807) is 18.2 Å². The fraction of sp³-hybridized carbons (Fsp3) is 0.308. The number of benzene rings is 1. The molecule has 0 aromatic heterocycles. The Hall–Kier alpha value is -2.57. The van der Waals surface area contributed by atoms with Crippen LogP contribution in [0.5, 0.6) is 11.5 Å². The highest BCUT2D eigenvalue weighted by Crippen LogP contribution is 2.30. The largest absolute Gasteiger partial charge is 0.493 e. The summed E-state index contributed by atoms with van der Waals surface area (Å²) in [5.74, 6) is -0.782. The van der Waals surface area contributed by atoms with Crippen LogP contribution in [-0.4, -0.2) is 36.4 Å². The van der Waals surface area contributed by atoms with E-state index < -0.39 is 12.1 Å². The van der Waals surface area contributed by atoms with Crippen LogP contribution in [0.2, 0.25) is 0 Å². The first-order valence-electron chi connectivity index (χ1n) is 5.81. The average Bonchev–Trinajstić information content (AvgIpc) is 2.39. The first kappa shape index (κ1) is 15.5. The van der Waals surface area contributed by atoms with Gasteiger partial charge in [0.25, 0.3) is 0 Å². The Labute approximate surface area is 116 Å². The second-order valence-electron chi connectivity index (χ2n) is 3.90. The molecule has 0 aliphatic rings. The van der Waals surface area contributed by atoms with Crippen LogP contribution < -0.4 is 14.9 Å². The molecule has 7 nitrogen and oxygen atoms in total. The summed E-state index contributed by atoms with van der Waals surface area (Å²) >= 11 is 0. The maximum Gasteiger partial charge on any atom is 0.344 e. The van der Waals surface area contributed by atoms with Gasteiger partial charge in [-0.2, -0.15) is 5.10 Å². The number of amides is 1. The van der Waals surface area contributed by atoms with Crippen molar-refractivity contribution in [3.63, 3.8) is 0 Å². The molecule has 1 aromatic rings. The molecule has 0 aliphatic heterocycles. The Bertz CT molecular complexity index is 527. The molecule has 2 N–H and O–H groups in total. The molecule has 0 radical (unpaired) electrons. The number of para-hydroxylation sites is 1. The molecule has 1 rings (SSSR count). The van der Waals surface area contributed by atoms with Gasteiger partial charge in [0, 0.05) is 12.5 Å². The molecule has 0 saturated heterocycles. The Morgan fingerprint density at radius 1 is 1.45 bits per heavy atom. The summed E-state index contributed by atoms with van der Waals surface area (Å²) in [4.78, 5) is 21.6. The number of carbonyl (C=O) groups is 2. The molecule has 1 atom stereocenters. The number of carboxylic acids is 1. The number of aliphatic carboxylic acids is 1. The summed E-state index contributed by atoms with van der Waals surface area (Å²) in [5, 5.41) is 12.6. The molecule has 0 spiro atoms. The van der Waals surface area contributed by atoms with E-state index in [0.717, 1.165) is 0 Å². The van der Waals surface area contributed by atoms with Gasteiger partial charge in [0.2, 0.25) is 5.91 Å². The number of nitrogens with one attached hydrogen (secondary N) is 1. The highest BCUT2D eigenvalue weighted by atomic mass is 16.5. The van der Waals surface area contributed by atoms with Gasteiger partial charge in [0.1, 0.15) is 0 Å². The predicted octanol–water partition coefficient (Wildman–Crippen LogP) is 1.02. The van der Waals surface area contributed by atoms with Crippen molar-refractivity contribution in [3.05, 3.63) is 23.8 Å². The van der Waals surface area contributed by atoms with Crippen LogP contribution in [0.15, 0.2) is 23.3 Å². The standard InChI is InChI=1S/C13H16N2O5/c1-8(13(17)18)20-12-10(7-14-15-9(2)16)5-4-6-11(12)19-3/h4-8H,1-3H3,(H,15,16)(H,17,18)/b14-7-/t8-/m1/s1. The van der Waals surface area contributed by atoms with Gasteiger partial charge >= 0.3 is 5.97 Å². The molecule has 7 heteroatoms. The van der Waals surface area contributed by atoms with E-state index >= 15 is 0 Å². The predicted molar refractivity (Wildman–Crippen MR) is 72.1 cm³/mol. The van der Waals surface area contributed by atoms with Crippen molar-refractivity contribution in [3.8, 4) is 11.5 Å². The molecule has 0 aliphatic carbocycles. The number of hydrogen-bond acceptors (Lipinski definition) is 5. The Balaban J connectivity index is 3.06. The fourth-order valence-electron chi connectivity index (χ4n) is 1.34. The summed E-state index contributed by atoms with van der Waals surface area (Å²) in [6, 6.07) is 5.00. The summed E-state index contributed by atoms with van der Waals surface area (Å²) in [5.41, 5.74) is 2.74. The van der Waals surface area contributed by atoms with Crippen LogP contribution >= 0.6 is 0 Å². The number of methoxy groups -OCH3 is 1. The van der Waals surface area contributed by atoms with E-state index in [0.29, 0.717) is 11.3 Å². The number of ether oxygens (including phenoxy) is 2. The number of carbonyl (C=O) groups excluding carboxylic acids is 1. The van der Waals surface area contributed by atoms with Crippen molar-refractivity contribution < 1.29 is 24.2 Å². The molecular formula is C13H16N2O5. The molecule has 108 valence electrons. The van der Waals surface area contributed by atoms with Crippen LogP contribution in [0.3, 0.4) is 0 Å². The number of hydrazone groups is 1. The Morgan fingerprint density at radius 2 is 2.15 bits per heavy atom. The fourth-order valence-corrected chi connectivity index (χ4v) is 1.34. The zero-order valence-electron chi connectivity index (χ0n) is 11.4. The van der Waals surface area contributed by atoms with Crippen molar-refractivity contribution in [2.24, 2.45) is 5.10 Å². The lowest BCUT2D eigenvalue weighted by Gasteiger charge is -2.15. The molecule has 0 heterocycles. The topological polar surface area (TPSA) is 97.2 Å². The summed E-state index contributed by atoms with van der Waals surface area (Å²) < 4.78 is 10.5. The van der Waals surface area contributed by atoms with E-state index in [9.17, 15) is 9.59 Å². The highest BCUT2D eigenvalue weighted by Gasteiger charge is 2.17. The molecule has 1 aromatic carbocycles. The van der Waals surface area contributed by atoms with Gasteiger partial charge in [-0.15, -0.1) is 0 Å². The summed E-state index contributed by atoms with van der Waals surface area (Å²) in [6.45, 7) is 2.73. The van der Waals surface area contributed by atoms with Crippen LogP contribution in [-0.2, 0) is 9.59 Å². The maximum atomic E-state index is 10.9. The first-order chi connectivity index (χ1) is 9.45. The van der Waals surface area contributed by atoms with Gasteiger partial charge in [0.15, 0.2) is 17.6 Å². The normalized spacial score (nSPS) is 11.9. The van der Waals surface area contributed by atoms with E-state index in [4.69, 9.17) is 14.6 Å². The zero-order valence-corrected chi connectivity index (χ0v) is 11.4. The molecule has 0 bridgehead atoms. The van der Waals surface area contributed by atoms with Crippen molar-refractivity contribution in [2.45, 2.75) is 20.0 Å². The third-order valence-corrected chi connectivity index (χ3v) is 2.30. The number of carboxylic acid groups (broad SMARTS) is 1. The van der Waals surface area contributed by atoms with Crippen LogP contribution in [0.1, 0.15) is 19.4 Å². The summed E-state index contributed by atoms with van der Waals surface area (Å²) in [7, 11) is 1.45. The minimum atomic E-state index is -1.10. The monoisotopic (exact) mass is 280 g/mol. The minimum Gasteiger partial charge on any atom is -0.493 e. The third-order valence-electron chi connectivity index (χ3n) is 2.30. The first-order valence-corrected chi connectivity index (χ1v) is 5.81. The smallest absolute Gasteiger partial charge is 0.344 e. The molecular weight excluding hydrogens is 264 g/mol. The minimum absolute atomic E-state index is 0.249. The molecule has 20 heavy (non-hydrogen) atoms. The highest BCUT2D eigenvalue weighted by molar-refractivity contribution is 5.86. The average molecular weight is 280 g/mol. The maximum absolute atomic E-state index is 10.9. The van der Waals surface area contributed by atoms with Crippen LogP contribution in [0.25, 0.3) is 0 Å². The Kier molecular flexibility index (Phi) is 5.52. The molecule has 0 fully saturated rings. The quantitative estimate of drug-likeness (QED) is 0.599. The SMILES string of the molecule is COc1cccc(/C=N\NC(C)=O)c1O[C@H](C)C(=O)O. The zero-order chi connectivity index (χ0) is 15.1. The molecule has 0 unspecified atom stereocenters. The second kappa shape index (κ2) is 7.13. The van der Waals surface area contributed by atoms with Crippen LogP contribution in [0.4, 0.5) is 0 Å². The lowest BCUT2D eigenvalue weighted by Crippen LogP contribution is -2.23. The number of hydrogen-bond donors (Lipinski definition) is 2. The third kappa shape index (κ3) is 4.27. The van der Waals surface area contributed by atoms with Gasteiger partial charge in [-0.25, -0.2) is 10.2 Å². The van der Waals surface area contributed by atoms with Gasteiger partial charge in [-0.1, -0.05) is 6.07 Å². The van der Waals surface area contributed by atoms with Crippen molar-refractivity contribution in [1.82, 2.24) is 5.43 Å². The van der Waals surface area contributed by atoms with Crippen molar-refractivity contribution in [2.75, 3.05) is 7.11 Å². The lowest BCUT2D eigenvalue weighted by molar-refractivity contribution is -0.144. The van der Waals surface area contributed by atoms with Gasteiger partial charge < -0.3 is 14.6 Å². The van der Waals surface area contributed by atoms with E-state index in [2.05, 4.69) is 10.5 Å². The lowest BCUT2D eigenvalue weighted by atomic mass is 10.2. The number of rotatable bonds is 6. The van der Waals surface area contributed by atoms with Gasteiger partial charge in [-0.3, -0.25) is 4.79 Å². The summed E-state index contributed by atoms with van der Waals surface area (Å²) in [6.07, 6.45) is 0.313.